The number of rotatable bonds is 7. The minimum absolute atomic E-state index is 0.102. The standard InChI is InChI=1S/C26H25N5O2/c1-17-6-9-22-21(14-17)24-25(30-22)26(33)31(16-29-24)13-10-23(32)28-12-11-27-20-8-7-18-4-2-3-5-19(18)15-20/h2-9,14-16,27,30H,10-13H2,1H3,(H,28,32). The summed E-state index contributed by atoms with van der Waals surface area (Å²) in [4.78, 5) is 32.8. The Balaban J connectivity index is 1.15. The maximum absolute atomic E-state index is 12.9. The molecule has 2 heterocycles. The predicted octanol–water partition coefficient (Wildman–Crippen LogP) is 3.96. The zero-order valence-corrected chi connectivity index (χ0v) is 18.4. The normalized spacial score (nSPS) is 11.3. The number of fused-ring (bicyclic) bond motifs is 4. The van der Waals surface area contributed by atoms with Crippen molar-refractivity contribution in [2.24, 2.45) is 0 Å². The summed E-state index contributed by atoms with van der Waals surface area (Å²) < 4.78 is 1.48. The van der Waals surface area contributed by atoms with Gasteiger partial charge in [-0.05, 0) is 42.0 Å². The third-order valence-electron chi connectivity index (χ3n) is 5.83. The molecule has 0 fully saturated rings. The number of nitrogens with zero attached hydrogens (tertiary/aromatic N) is 2. The van der Waals surface area contributed by atoms with E-state index in [1.54, 1.807) is 0 Å². The van der Waals surface area contributed by atoms with Crippen molar-refractivity contribution in [3.05, 3.63) is 82.9 Å². The van der Waals surface area contributed by atoms with E-state index in [0.717, 1.165) is 22.2 Å². The summed E-state index contributed by atoms with van der Waals surface area (Å²) in [5.74, 6) is -0.102. The maximum atomic E-state index is 12.9. The first-order chi connectivity index (χ1) is 16.1. The molecule has 33 heavy (non-hydrogen) atoms. The van der Waals surface area contributed by atoms with Crippen LogP contribution in [0, 0.1) is 6.92 Å². The molecule has 0 spiro atoms. The number of nitrogens with one attached hydrogen (secondary N) is 3. The topological polar surface area (TPSA) is 91.8 Å². The number of aromatic nitrogens is 3. The van der Waals surface area contributed by atoms with Gasteiger partial charge in [0.2, 0.25) is 5.91 Å². The van der Waals surface area contributed by atoms with E-state index < -0.39 is 0 Å². The molecule has 7 nitrogen and oxygen atoms in total. The van der Waals surface area contributed by atoms with E-state index in [2.05, 4.69) is 44.9 Å². The Hall–Kier alpha value is -4.13. The lowest BCUT2D eigenvalue weighted by atomic mass is 10.1. The summed E-state index contributed by atoms with van der Waals surface area (Å²) in [6.45, 7) is 3.40. The van der Waals surface area contributed by atoms with Gasteiger partial charge in [-0.3, -0.25) is 14.2 Å². The van der Waals surface area contributed by atoms with E-state index in [1.807, 2.05) is 43.3 Å². The average Bonchev–Trinajstić information content (AvgIpc) is 3.20. The highest BCUT2D eigenvalue weighted by Gasteiger charge is 2.12. The molecular formula is C26H25N5O2. The van der Waals surface area contributed by atoms with Crippen LogP contribution in [0.2, 0.25) is 0 Å². The fourth-order valence-electron chi connectivity index (χ4n) is 4.08. The van der Waals surface area contributed by atoms with Crippen molar-refractivity contribution in [1.29, 1.82) is 0 Å². The molecule has 3 aromatic carbocycles. The first-order valence-electron chi connectivity index (χ1n) is 11.1. The molecule has 0 saturated heterocycles. The summed E-state index contributed by atoms with van der Waals surface area (Å²) in [6, 6.07) is 20.4. The largest absolute Gasteiger partial charge is 0.383 e. The van der Waals surface area contributed by atoms with Crippen molar-refractivity contribution in [1.82, 2.24) is 19.9 Å². The van der Waals surface area contributed by atoms with Crippen LogP contribution in [-0.4, -0.2) is 33.5 Å². The Morgan fingerprint density at radius 3 is 2.76 bits per heavy atom. The van der Waals surface area contributed by atoms with Gasteiger partial charge in [0, 0.05) is 42.6 Å². The molecule has 3 N–H and O–H groups in total. The fraction of sp³-hybridized carbons (Fsp3) is 0.192. The summed E-state index contributed by atoms with van der Waals surface area (Å²) in [7, 11) is 0. The molecule has 0 radical (unpaired) electrons. The average molecular weight is 440 g/mol. The van der Waals surface area contributed by atoms with Crippen LogP contribution in [0.15, 0.2) is 71.8 Å². The summed E-state index contributed by atoms with van der Waals surface area (Å²) in [6.07, 6.45) is 1.73. The number of H-pyrrole nitrogens is 1. The van der Waals surface area contributed by atoms with Gasteiger partial charge in [0.05, 0.1) is 6.33 Å². The number of anilines is 1. The number of amides is 1. The van der Waals surface area contributed by atoms with Gasteiger partial charge in [-0.25, -0.2) is 4.98 Å². The molecule has 0 atom stereocenters. The van der Waals surface area contributed by atoms with E-state index >= 15 is 0 Å². The minimum atomic E-state index is -0.167. The van der Waals surface area contributed by atoms with Crippen molar-refractivity contribution in [2.45, 2.75) is 19.9 Å². The van der Waals surface area contributed by atoms with Gasteiger partial charge in [0.25, 0.3) is 5.56 Å². The fourth-order valence-corrected chi connectivity index (χ4v) is 4.08. The lowest BCUT2D eigenvalue weighted by molar-refractivity contribution is -0.121. The number of carbonyl (C=O) groups is 1. The second kappa shape index (κ2) is 8.78. The second-order valence-corrected chi connectivity index (χ2v) is 8.23. The highest BCUT2D eigenvalue weighted by molar-refractivity contribution is 6.04. The molecule has 5 rings (SSSR count). The van der Waals surface area contributed by atoms with Crippen LogP contribution >= 0.6 is 0 Å². The third kappa shape index (κ3) is 4.30. The van der Waals surface area contributed by atoms with Crippen molar-refractivity contribution >= 4 is 44.3 Å². The van der Waals surface area contributed by atoms with Crippen molar-refractivity contribution < 1.29 is 4.79 Å². The molecule has 1 amide bonds. The number of benzene rings is 3. The Bertz CT molecular complexity index is 1530. The zero-order chi connectivity index (χ0) is 22.8. The number of aromatic amines is 1. The minimum Gasteiger partial charge on any atom is -0.383 e. The number of hydrogen-bond donors (Lipinski definition) is 3. The molecule has 2 aromatic heterocycles. The summed E-state index contributed by atoms with van der Waals surface area (Å²) in [5, 5.41) is 9.53. The summed E-state index contributed by atoms with van der Waals surface area (Å²) >= 11 is 0. The van der Waals surface area contributed by atoms with Gasteiger partial charge in [-0.2, -0.15) is 0 Å². The summed E-state index contributed by atoms with van der Waals surface area (Å²) in [5.41, 5.74) is 3.98. The smallest absolute Gasteiger partial charge is 0.277 e. The van der Waals surface area contributed by atoms with Gasteiger partial charge in [-0.1, -0.05) is 42.0 Å². The Morgan fingerprint density at radius 1 is 1.03 bits per heavy atom. The number of carbonyl (C=O) groups excluding carboxylic acids is 1. The molecular weight excluding hydrogens is 414 g/mol. The second-order valence-electron chi connectivity index (χ2n) is 8.23. The number of aryl methyl sites for hydroxylation is 2. The molecule has 0 aliphatic carbocycles. The van der Waals surface area contributed by atoms with Crippen molar-refractivity contribution in [3.63, 3.8) is 0 Å². The highest BCUT2D eigenvalue weighted by Crippen LogP contribution is 2.22. The molecule has 166 valence electrons. The van der Waals surface area contributed by atoms with E-state index in [-0.39, 0.29) is 24.4 Å². The maximum Gasteiger partial charge on any atom is 0.277 e. The van der Waals surface area contributed by atoms with Gasteiger partial charge >= 0.3 is 0 Å². The lowest BCUT2D eigenvalue weighted by Crippen LogP contribution is -2.30. The Kier molecular flexibility index (Phi) is 5.52. The molecule has 5 aromatic rings. The SMILES string of the molecule is Cc1ccc2[nH]c3c(=O)n(CCC(=O)NCCNc4ccc5ccccc5c4)cnc3c2c1. The van der Waals surface area contributed by atoms with E-state index in [4.69, 9.17) is 0 Å². The molecule has 0 aliphatic rings. The third-order valence-corrected chi connectivity index (χ3v) is 5.83. The lowest BCUT2D eigenvalue weighted by Gasteiger charge is -2.09. The Morgan fingerprint density at radius 2 is 1.88 bits per heavy atom. The van der Waals surface area contributed by atoms with Crippen LogP contribution in [0.4, 0.5) is 5.69 Å². The first-order valence-corrected chi connectivity index (χ1v) is 11.1. The molecule has 0 saturated carbocycles. The van der Waals surface area contributed by atoms with Crippen LogP contribution in [0.3, 0.4) is 0 Å². The molecule has 0 bridgehead atoms. The van der Waals surface area contributed by atoms with Crippen LogP contribution in [0.25, 0.3) is 32.7 Å². The van der Waals surface area contributed by atoms with Gasteiger partial charge < -0.3 is 15.6 Å². The van der Waals surface area contributed by atoms with Crippen molar-refractivity contribution in [2.75, 3.05) is 18.4 Å². The van der Waals surface area contributed by atoms with Crippen LogP contribution in [0.1, 0.15) is 12.0 Å². The number of hydrogen-bond acceptors (Lipinski definition) is 4. The van der Waals surface area contributed by atoms with Crippen molar-refractivity contribution in [3.8, 4) is 0 Å². The molecule has 0 unspecified atom stereocenters. The molecule has 7 heteroatoms. The van der Waals surface area contributed by atoms with Gasteiger partial charge in [0.15, 0.2) is 0 Å². The highest BCUT2D eigenvalue weighted by atomic mass is 16.2. The van der Waals surface area contributed by atoms with Crippen LogP contribution in [0.5, 0.6) is 0 Å². The first kappa shape index (κ1) is 20.8. The molecule has 0 aliphatic heterocycles. The monoisotopic (exact) mass is 439 g/mol. The van der Waals surface area contributed by atoms with E-state index in [9.17, 15) is 9.59 Å². The zero-order valence-electron chi connectivity index (χ0n) is 18.4. The Labute approximate surface area is 190 Å². The van der Waals surface area contributed by atoms with Crippen LogP contribution < -0.4 is 16.2 Å². The van der Waals surface area contributed by atoms with Gasteiger partial charge in [-0.15, -0.1) is 0 Å². The van der Waals surface area contributed by atoms with Crippen LogP contribution in [-0.2, 0) is 11.3 Å². The van der Waals surface area contributed by atoms with Gasteiger partial charge in [0.1, 0.15) is 11.0 Å². The van der Waals surface area contributed by atoms with E-state index in [0.29, 0.717) is 24.1 Å². The quantitative estimate of drug-likeness (QED) is 0.335. The predicted molar refractivity (Wildman–Crippen MR) is 133 cm³/mol. The van der Waals surface area contributed by atoms with E-state index in [1.165, 1.54) is 21.7 Å².